The predicted molar refractivity (Wildman–Crippen MR) is 349 cm³/mol. The Labute approximate surface area is 539 Å². The maximum Gasteiger partial charge on any atom is 0.263 e. The molecule has 0 amide bonds. The predicted octanol–water partition coefficient (Wildman–Crippen LogP) is 17.4. The molecule has 0 spiro atoms. The van der Waals surface area contributed by atoms with Gasteiger partial charge in [-0.15, -0.1) is 0 Å². The molecule has 12 aromatic rings. The normalized spacial score (nSPS) is 12.6. The number of Topliss-reactive ketones (excluding diaryl/α,β-unsaturated/α-hetero) is 2. The van der Waals surface area contributed by atoms with Crippen LogP contribution in [-0.2, 0) is 33.5 Å². The van der Waals surface area contributed by atoms with Gasteiger partial charge in [-0.2, -0.15) is 0 Å². The molecular weight excluding hydrogens is 1290 g/mol. The number of aryl methyl sites for hydroxylation is 1. The highest BCUT2D eigenvalue weighted by Crippen LogP contribution is 2.46. The number of benzene rings is 6. The van der Waals surface area contributed by atoms with Crippen molar-refractivity contribution in [3.63, 3.8) is 0 Å². The number of halogens is 7. The van der Waals surface area contributed by atoms with Crippen molar-refractivity contribution < 1.29 is 71.1 Å². The largest absolute Gasteiger partial charge is 0.470 e. The highest BCUT2D eigenvalue weighted by molar-refractivity contribution is 7.92. The molecule has 0 atom stereocenters. The average Bonchev–Trinajstić information content (AvgIpc) is 1.57. The number of nitrogens with zero attached hydrogens (tertiary/aromatic N) is 6. The van der Waals surface area contributed by atoms with Gasteiger partial charge in [0.15, 0.2) is 25.0 Å². The molecule has 0 unspecified atom stereocenters. The van der Waals surface area contributed by atoms with Gasteiger partial charge in [-0.3, -0.25) is 18.2 Å². The Morgan fingerprint density at radius 3 is 1.46 bits per heavy atom. The third-order valence-electron chi connectivity index (χ3n) is 16.5. The van der Waals surface area contributed by atoms with Crippen LogP contribution in [0.15, 0.2) is 154 Å². The number of ketones is 2. The van der Waals surface area contributed by atoms with E-state index in [4.69, 9.17) is 34.9 Å². The van der Waals surface area contributed by atoms with Gasteiger partial charge in [-0.05, 0) is 85.3 Å². The van der Waals surface area contributed by atoms with E-state index in [9.17, 15) is 52.8 Å². The van der Waals surface area contributed by atoms with E-state index in [0.717, 1.165) is 32.3 Å². The van der Waals surface area contributed by atoms with E-state index in [1.54, 1.807) is 93.6 Å². The summed E-state index contributed by atoms with van der Waals surface area (Å²) in [5.41, 5.74) is 7.86. The van der Waals surface area contributed by atoms with Crippen molar-refractivity contribution in [3.8, 4) is 68.2 Å². The van der Waals surface area contributed by atoms with E-state index < -0.39 is 32.9 Å². The number of ether oxygens (including phenoxy) is 2. The number of carbonyl (C=O) groups excluding carboxylic acids is 2. The van der Waals surface area contributed by atoms with Gasteiger partial charge in [-0.25, -0.2) is 53.1 Å². The Kier molecular flexibility index (Phi) is 17.0. The molecule has 0 fully saturated rings. The van der Waals surface area contributed by atoms with Crippen molar-refractivity contribution in [3.05, 3.63) is 190 Å². The molecule has 94 heavy (non-hydrogen) atoms. The zero-order chi connectivity index (χ0) is 67.0. The Balaban J connectivity index is 0.000000150. The first-order valence-corrected chi connectivity index (χ1v) is 33.2. The van der Waals surface area contributed by atoms with Crippen molar-refractivity contribution >= 4 is 98.3 Å². The van der Waals surface area contributed by atoms with Crippen LogP contribution in [0, 0.1) is 18.6 Å². The number of anilines is 2. The van der Waals surface area contributed by atoms with Crippen molar-refractivity contribution in [2.24, 2.45) is 0 Å². The highest BCUT2D eigenvalue weighted by atomic mass is 35.5. The SMILES string of the molecule is CCC(=O)c1c(-c2ccc(C(F)F)cc2)oc2cc(N(C)S(C)(=O)=O)c(-c3ccc4c(n3)-c3cc5c(F)cccc5n3CO4)cc12.CCC(=O)c1c(-c2ccc(C(F)F)cc2)oc2cc(N(C)S(C)(=O)=O)c(C)cc12.Fc1cccc2c1cc1n2COc2ccc(Cl)nc2-1. The summed E-state index contributed by atoms with van der Waals surface area (Å²) in [5, 5.41) is 2.34. The Morgan fingerprint density at radius 1 is 0.564 bits per heavy atom. The zero-order valence-corrected chi connectivity index (χ0v) is 53.5. The topological polar surface area (TPSA) is 189 Å². The molecule has 25 heteroatoms. The minimum atomic E-state index is -3.78. The number of fused-ring (bicyclic) bond motifs is 12. The highest BCUT2D eigenvalue weighted by Gasteiger charge is 2.30. The molecule has 0 saturated carbocycles. The lowest BCUT2D eigenvalue weighted by atomic mass is 9.97. The smallest absolute Gasteiger partial charge is 0.263 e. The van der Waals surface area contributed by atoms with Gasteiger partial charge in [-0.1, -0.05) is 86.1 Å². The number of pyridine rings is 2. The van der Waals surface area contributed by atoms with E-state index in [0.29, 0.717) is 112 Å². The molecule has 0 aliphatic carbocycles. The lowest BCUT2D eigenvalue weighted by Crippen LogP contribution is -2.25. The lowest BCUT2D eigenvalue weighted by molar-refractivity contribution is 0.0981. The van der Waals surface area contributed by atoms with Crippen molar-refractivity contribution in [2.45, 2.75) is 59.9 Å². The summed E-state index contributed by atoms with van der Waals surface area (Å²) >= 11 is 5.92. The van der Waals surface area contributed by atoms with Crippen molar-refractivity contribution in [1.82, 2.24) is 19.1 Å². The first kappa shape index (κ1) is 64.2. The summed E-state index contributed by atoms with van der Waals surface area (Å²) < 4.78 is 160. The van der Waals surface area contributed by atoms with Gasteiger partial charge in [0.25, 0.3) is 12.9 Å². The minimum Gasteiger partial charge on any atom is -0.470 e. The first-order valence-electron chi connectivity index (χ1n) is 29.1. The molecule has 0 bridgehead atoms. The van der Waals surface area contributed by atoms with Crippen LogP contribution < -0.4 is 18.1 Å². The van der Waals surface area contributed by atoms with Crippen LogP contribution in [0.2, 0.25) is 5.15 Å². The number of furan rings is 2. The van der Waals surface area contributed by atoms with E-state index in [2.05, 4.69) is 4.98 Å². The van der Waals surface area contributed by atoms with Gasteiger partial charge in [0, 0.05) is 88.4 Å². The summed E-state index contributed by atoms with van der Waals surface area (Å²) in [6.07, 6.45) is -2.72. The second-order valence-corrected chi connectivity index (χ2v) is 26.7. The molecule has 2 aliphatic rings. The van der Waals surface area contributed by atoms with Gasteiger partial charge >= 0.3 is 0 Å². The summed E-state index contributed by atoms with van der Waals surface area (Å²) in [6, 6.07) is 37.6. The van der Waals surface area contributed by atoms with Crippen LogP contribution in [0.3, 0.4) is 0 Å². The number of sulfonamides is 2. The van der Waals surface area contributed by atoms with Crippen molar-refractivity contribution in [1.29, 1.82) is 0 Å². The number of aromatic nitrogens is 4. The van der Waals surface area contributed by atoms with Crippen LogP contribution in [0.1, 0.15) is 76.9 Å². The van der Waals surface area contributed by atoms with Crippen molar-refractivity contribution in [2.75, 3.05) is 35.2 Å². The standard InChI is InChI=1S/C34H26F3N3O5S.C21H21F2NO4S.C14H8ClFN2O/c1-4-28(41)31-22-14-21(24-12-13-29-32(38-24)27-15-20-23(35)6-5-7-25(20)40(27)17-44-29)26(39(2)46(3,42)43)16-30(22)45-33(31)18-8-10-19(11-9-18)34(36)37;1-5-17(25)19-15-10-12(2)16(24(3)29(4,26)27)11-18(15)28-20(19)13-6-8-14(9-7-13)21(22)23;15-13-5-4-12-14(17-13)11-6-8-9(16)2-1-3-10(8)18(11)7-19-12/h5-16,34H,4,17H2,1-3H3;6-11,21H,5H2,1-4H3;1-6H,7H2. The fourth-order valence-corrected chi connectivity index (χ4v) is 12.7. The number of hydrogen-bond donors (Lipinski definition) is 0. The fourth-order valence-electron chi connectivity index (χ4n) is 11.5. The summed E-state index contributed by atoms with van der Waals surface area (Å²) in [5.74, 6) is 0.575. The average molecular weight is 1340 g/mol. The fraction of sp³-hybridized carbons (Fsp3) is 0.188. The second kappa shape index (κ2) is 24.9. The molecule has 8 heterocycles. The van der Waals surface area contributed by atoms with Gasteiger partial charge < -0.3 is 27.4 Å². The molecule has 482 valence electrons. The molecule has 0 radical (unpaired) electrons. The van der Waals surface area contributed by atoms with Crippen LogP contribution in [0.5, 0.6) is 11.5 Å². The maximum absolute atomic E-state index is 14.7. The molecule has 6 aromatic heterocycles. The molecule has 14 rings (SSSR count). The van der Waals surface area contributed by atoms with E-state index in [1.165, 1.54) is 80.8 Å². The maximum atomic E-state index is 14.7. The number of hydrogen-bond acceptors (Lipinski definition) is 12. The summed E-state index contributed by atoms with van der Waals surface area (Å²) in [6.45, 7) is 5.68. The Morgan fingerprint density at radius 2 is 1.00 bits per heavy atom. The van der Waals surface area contributed by atoms with Gasteiger partial charge in [0.05, 0.1) is 63.1 Å². The van der Waals surface area contributed by atoms with E-state index in [1.807, 2.05) is 15.2 Å². The van der Waals surface area contributed by atoms with E-state index >= 15 is 0 Å². The summed E-state index contributed by atoms with van der Waals surface area (Å²) in [7, 11) is -4.42. The van der Waals surface area contributed by atoms with Gasteiger partial charge in [0.1, 0.15) is 62.4 Å². The quantitative estimate of drug-likeness (QED) is 0.0604. The zero-order valence-electron chi connectivity index (χ0n) is 51.1. The minimum absolute atomic E-state index is 0.124. The first-order chi connectivity index (χ1) is 44.7. The number of carbonyl (C=O) groups is 2. The third kappa shape index (κ3) is 11.8. The van der Waals surface area contributed by atoms with Crippen LogP contribution in [0.25, 0.3) is 100 Å². The van der Waals surface area contributed by atoms with Crippen LogP contribution in [-0.4, -0.2) is 74.1 Å². The Bertz CT molecular complexity index is 5280. The molecule has 0 N–H and O–H groups in total. The molecule has 0 saturated heterocycles. The van der Waals surface area contributed by atoms with Gasteiger partial charge in [0.2, 0.25) is 20.0 Å². The number of rotatable bonds is 13. The van der Waals surface area contributed by atoms with Crippen LogP contribution in [0.4, 0.5) is 37.7 Å². The number of alkyl halides is 4. The molecule has 16 nitrogen and oxygen atoms in total. The summed E-state index contributed by atoms with van der Waals surface area (Å²) in [4.78, 5) is 35.2. The monoisotopic (exact) mass is 1340 g/mol. The third-order valence-corrected chi connectivity index (χ3v) is 19.1. The molecular formula is C69H55ClF6N6O10S2. The van der Waals surface area contributed by atoms with E-state index in [-0.39, 0.29) is 82.3 Å². The lowest BCUT2D eigenvalue weighted by Gasteiger charge is -2.23. The molecule has 6 aromatic carbocycles. The molecule has 2 aliphatic heterocycles. The van der Waals surface area contributed by atoms with Crippen LogP contribution >= 0.6 is 11.6 Å². The second-order valence-electron chi connectivity index (χ2n) is 22.3. The Hall–Kier alpha value is -9.91.